The molecule has 0 saturated heterocycles. The fraction of sp³-hybridized carbons (Fsp3) is 0.200. The van der Waals surface area contributed by atoms with Gasteiger partial charge in [-0.1, -0.05) is 46.4 Å². The van der Waals surface area contributed by atoms with Gasteiger partial charge in [0.25, 0.3) is 0 Å². The highest BCUT2D eigenvalue weighted by Crippen LogP contribution is 2.52. The van der Waals surface area contributed by atoms with Crippen LogP contribution < -0.4 is 0 Å². The van der Waals surface area contributed by atoms with Crippen LogP contribution in [0.5, 0.6) is 0 Å². The van der Waals surface area contributed by atoms with Gasteiger partial charge in [-0.05, 0) is 12.1 Å². The van der Waals surface area contributed by atoms with Gasteiger partial charge < -0.3 is 13.6 Å². The lowest BCUT2D eigenvalue weighted by Crippen LogP contribution is -1.96. The smallest absolute Gasteiger partial charge is 0.380 e. The van der Waals surface area contributed by atoms with Crippen molar-refractivity contribution in [2.24, 2.45) is 0 Å². The predicted octanol–water partition coefficient (Wildman–Crippen LogP) is 5.72. The molecule has 0 aliphatic heterocycles. The molecule has 0 fully saturated rings. The molecular weight excluding hydrogens is 373 g/mol. The van der Waals surface area contributed by atoms with E-state index in [4.69, 9.17) is 71.8 Å². The van der Waals surface area contributed by atoms with Crippen molar-refractivity contribution in [3.8, 4) is 0 Å². The van der Waals surface area contributed by atoms with Gasteiger partial charge in [0.15, 0.2) is 0 Å². The van der Waals surface area contributed by atoms with Crippen molar-refractivity contribution < 1.29 is 13.6 Å². The van der Waals surface area contributed by atoms with Crippen LogP contribution in [-0.4, -0.2) is 14.2 Å². The van der Waals surface area contributed by atoms with Crippen LogP contribution in [0, 0.1) is 0 Å². The van der Waals surface area contributed by atoms with Crippen molar-refractivity contribution in [1.82, 2.24) is 0 Å². The van der Waals surface area contributed by atoms with E-state index >= 15 is 0 Å². The molecular formula is C10H9Cl4O3PS. The normalized spacial score (nSPS) is 12.6. The maximum atomic E-state index is 6.06. The summed E-state index contributed by atoms with van der Waals surface area (Å²) < 4.78 is 15.5. The second kappa shape index (κ2) is 7.48. The fourth-order valence-electron chi connectivity index (χ4n) is 1.11. The number of benzene rings is 1. The highest BCUT2D eigenvalue weighted by atomic mass is 35.5. The zero-order valence-electron chi connectivity index (χ0n) is 9.82. The Morgan fingerprint density at radius 2 is 1.63 bits per heavy atom. The third kappa shape index (κ3) is 4.48. The minimum absolute atomic E-state index is 0.192. The molecule has 106 valence electrons. The molecule has 1 aromatic carbocycles. The van der Waals surface area contributed by atoms with E-state index in [2.05, 4.69) is 0 Å². The van der Waals surface area contributed by atoms with E-state index in [1.54, 1.807) is 0 Å². The van der Waals surface area contributed by atoms with Crippen molar-refractivity contribution in [2.45, 2.75) is 0 Å². The first kappa shape index (κ1) is 17.5. The summed E-state index contributed by atoms with van der Waals surface area (Å²) in [5, 5.41) is 0.945. The Hall–Kier alpha value is 0.490. The van der Waals surface area contributed by atoms with Crippen LogP contribution in [-0.2, 0) is 25.4 Å². The Kier molecular flexibility index (Phi) is 6.91. The van der Waals surface area contributed by atoms with Gasteiger partial charge in [0.2, 0.25) is 0 Å². The van der Waals surface area contributed by atoms with Crippen LogP contribution >= 0.6 is 53.1 Å². The van der Waals surface area contributed by atoms with Crippen LogP contribution in [0.4, 0.5) is 0 Å². The lowest BCUT2D eigenvalue weighted by atomic mass is 10.2. The second-order valence-electron chi connectivity index (χ2n) is 3.12. The van der Waals surface area contributed by atoms with Crippen molar-refractivity contribution in [2.75, 3.05) is 14.2 Å². The molecule has 9 heteroatoms. The lowest BCUT2D eigenvalue weighted by Gasteiger charge is -2.20. The number of halogens is 4. The van der Waals surface area contributed by atoms with Crippen molar-refractivity contribution >= 4 is 70.7 Å². The molecule has 0 spiro atoms. The van der Waals surface area contributed by atoms with Crippen LogP contribution in [0.15, 0.2) is 17.7 Å². The molecule has 0 aromatic heterocycles. The molecule has 1 rings (SSSR count). The van der Waals surface area contributed by atoms with E-state index < -0.39 is 6.72 Å². The van der Waals surface area contributed by atoms with E-state index in [0.717, 1.165) is 0 Å². The Morgan fingerprint density at radius 1 is 1.11 bits per heavy atom. The Bertz CT molecular complexity index is 542. The zero-order valence-corrected chi connectivity index (χ0v) is 14.6. The summed E-state index contributed by atoms with van der Waals surface area (Å²) in [4.78, 5) is 0. The van der Waals surface area contributed by atoms with Crippen molar-refractivity contribution in [3.63, 3.8) is 0 Å². The van der Waals surface area contributed by atoms with E-state index in [-0.39, 0.29) is 5.76 Å². The van der Waals surface area contributed by atoms with Gasteiger partial charge in [-0.15, -0.1) is 0 Å². The van der Waals surface area contributed by atoms with E-state index in [1.165, 1.54) is 31.9 Å². The van der Waals surface area contributed by atoms with Crippen molar-refractivity contribution in [3.05, 3.63) is 38.3 Å². The molecule has 0 radical (unpaired) electrons. The van der Waals surface area contributed by atoms with Gasteiger partial charge in [-0.2, -0.15) is 0 Å². The summed E-state index contributed by atoms with van der Waals surface area (Å²) in [6.45, 7) is -2.92. The maximum absolute atomic E-state index is 6.06. The minimum atomic E-state index is -2.92. The average Bonchev–Trinajstić information content (AvgIpc) is 2.40. The first-order chi connectivity index (χ1) is 8.86. The number of hydrogen-bond donors (Lipinski definition) is 0. The molecule has 0 N–H and O–H groups in total. The van der Waals surface area contributed by atoms with Gasteiger partial charge in [0.1, 0.15) is 5.76 Å². The Morgan fingerprint density at radius 3 is 2.11 bits per heavy atom. The molecule has 19 heavy (non-hydrogen) atoms. The van der Waals surface area contributed by atoms with E-state index in [9.17, 15) is 0 Å². The SMILES string of the molecule is COP(=S)(OC)O/C(=C\Cl)c1cc(Cl)c(Cl)cc1Cl. The summed E-state index contributed by atoms with van der Waals surface area (Å²) in [6, 6.07) is 3.00. The molecule has 0 aliphatic carbocycles. The van der Waals surface area contributed by atoms with Crippen LogP contribution in [0.2, 0.25) is 15.1 Å². The summed E-state index contributed by atoms with van der Waals surface area (Å²) in [5.74, 6) is 0.192. The molecule has 0 saturated carbocycles. The number of rotatable bonds is 5. The molecule has 0 atom stereocenters. The highest BCUT2D eigenvalue weighted by Gasteiger charge is 2.22. The van der Waals surface area contributed by atoms with Gasteiger partial charge in [0, 0.05) is 37.1 Å². The van der Waals surface area contributed by atoms with Crippen LogP contribution in [0.3, 0.4) is 0 Å². The molecule has 0 aliphatic rings. The molecule has 0 bridgehead atoms. The van der Waals surface area contributed by atoms with Gasteiger partial charge in [0.05, 0.1) is 15.1 Å². The molecule has 3 nitrogen and oxygen atoms in total. The first-order valence-electron chi connectivity index (χ1n) is 4.73. The summed E-state index contributed by atoms with van der Waals surface area (Å²) in [6.07, 6.45) is 0. The Labute approximate surface area is 136 Å². The third-order valence-corrected chi connectivity index (χ3v) is 5.70. The monoisotopic (exact) mass is 380 g/mol. The van der Waals surface area contributed by atoms with Gasteiger partial charge in [-0.25, -0.2) is 0 Å². The standard InChI is InChI=1S/C10H9Cl4O3PS/c1-15-18(19,16-2)17-10(5-11)6-3-8(13)9(14)4-7(6)12/h3-5H,1-2H3/b10-5-. The van der Waals surface area contributed by atoms with Crippen LogP contribution in [0.25, 0.3) is 5.76 Å². The van der Waals surface area contributed by atoms with Gasteiger partial charge >= 0.3 is 6.72 Å². The largest absolute Gasteiger partial charge is 0.422 e. The summed E-state index contributed by atoms with van der Waals surface area (Å²) >= 11 is 28.7. The topological polar surface area (TPSA) is 27.7 Å². The van der Waals surface area contributed by atoms with Crippen LogP contribution in [0.1, 0.15) is 5.56 Å². The molecule has 0 amide bonds. The zero-order chi connectivity index (χ0) is 14.6. The lowest BCUT2D eigenvalue weighted by molar-refractivity contribution is 0.262. The quantitative estimate of drug-likeness (QED) is 0.370. The maximum Gasteiger partial charge on any atom is 0.380 e. The Balaban J connectivity index is 3.20. The van der Waals surface area contributed by atoms with Crippen molar-refractivity contribution in [1.29, 1.82) is 0 Å². The molecule has 0 unspecified atom stereocenters. The van der Waals surface area contributed by atoms with E-state index in [1.807, 2.05) is 0 Å². The average molecular weight is 382 g/mol. The summed E-state index contributed by atoms with van der Waals surface area (Å²) in [5.41, 5.74) is 1.61. The molecule has 0 heterocycles. The van der Waals surface area contributed by atoms with E-state index in [0.29, 0.717) is 20.6 Å². The fourth-order valence-corrected chi connectivity index (χ4v) is 2.90. The van der Waals surface area contributed by atoms with Gasteiger partial charge in [-0.3, -0.25) is 0 Å². The first-order valence-corrected chi connectivity index (χ1v) is 8.86. The molecule has 1 aromatic rings. The minimum Gasteiger partial charge on any atom is -0.422 e. The predicted molar refractivity (Wildman–Crippen MR) is 84.7 cm³/mol. The third-order valence-electron chi connectivity index (χ3n) is 2.03. The number of hydrogen-bond acceptors (Lipinski definition) is 4. The summed E-state index contributed by atoms with van der Waals surface area (Å²) in [7, 11) is 2.76. The highest BCUT2D eigenvalue weighted by molar-refractivity contribution is 8.07. The second-order valence-corrected chi connectivity index (χ2v) is 7.71.